The summed E-state index contributed by atoms with van der Waals surface area (Å²) >= 11 is 2.15. The van der Waals surface area contributed by atoms with Gasteiger partial charge < -0.3 is 0 Å². The summed E-state index contributed by atoms with van der Waals surface area (Å²) in [6.45, 7) is 8.10. The molecule has 0 saturated carbocycles. The second-order valence-electron chi connectivity index (χ2n) is 5.35. The third-order valence-corrected chi connectivity index (χ3v) is 4.65. The Morgan fingerprint density at radius 2 is 2.14 bits per heavy atom. The average molecular weight is 394 g/mol. The van der Waals surface area contributed by atoms with Gasteiger partial charge in [0, 0.05) is 3.57 Å². The molecule has 1 atom stereocenters. The maximum Gasteiger partial charge on any atom is 0.272 e. The highest BCUT2D eigenvalue weighted by Gasteiger charge is 2.19. The Morgan fingerprint density at radius 1 is 1.43 bits per heavy atom. The molecule has 0 bridgehead atoms. The molecule has 1 aromatic rings. The molecule has 0 aromatic heterocycles. The molecule has 1 N–H and O–H groups in total. The summed E-state index contributed by atoms with van der Waals surface area (Å²) in [6, 6.07) is 7.48. The second-order valence-corrected chi connectivity index (χ2v) is 6.51. The Bertz CT molecular complexity index is 631. The summed E-state index contributed by atoms with van der Waals surface area (Å²) in [7, 11) is 0. The highest BCUT2D eigenvalue weighted by Crippen LogP contribution is 2.26. The molecule has 1 amide bonds. The number of hydrogen-bond donors (Lipinski definition) is 1. The number of nitrogens with one attached hydrogen (secondary N) is 1. The van der Waals surface area contributed by atoms with Crippen molar-refractivity contribution in [3.63, 3.8) is 0 Å². The van der Waals surface area contributed by atoms with E-state index in [1.165, 1.54) is 0 Å². The van der Waals surface area contributed by atoms with Crippen LogP contribution in [0.15, 0.2) is 53.2 Å². The molecular weight excluding hydrogens is 375 g/mol. The summed E-state index contributed by atoms with van der Waals surface area (Å²) in [6.07, 6.45) is 4.01. The van der Waals surface area contributed by atoms with Gasteiger partial charge in [-0.1, -0.05) is 30.4 Å². The molecule has 3 nitrogen and oxygen atoms in total. The lowest BCUT2D eigenvalue weighted by Gasteiger charge is -2.22. The number of carbonyl (C=O) groups is 1. The third kappa shape index (κ3) is 4.03. The number of allylic oxidation sites excluding steroid dienone is 3. The fourth-order valence-corrected chi connectivity index (χ4v) is 2.88. The molecule has 2 rings (SSSR count). The molecule has 0 aliphatic heterocycles. The number of hydrogen-bond acceptors (Lipinski definition) is 2. The summed E-state index contributed by atoms with van der Waals surface area (Å²) < 4.78 is 0.920. The number of halogens is 1. The lowest BCUT2D eigenvalue weighted by atomic mass is 9.85. The van der Waals surface area contributed by atoms with Crippen molar-refractivity contribution in [2.75, 3.05) is 0 Å². The quantitative estimate of drug-likeness (QED) is 0.463. The zero-order valence-electron chi connectivity index (χ0n) is 12.3. The summed E-state index contributed by atoms with van der Waals surface area (Å²) in [5.74, 6) is 0.249. The van der Waals surface area contributed by atoms with Crippen molar-refractivity contribution < 1.29 is 4.79 Å². The van der Waals surface area contributed by atoms with Gasteiger partial charge in [-0.15, -0.1) is 0 Å². The van der Waals surface area contributed by atoms with Gasteiger partial charge >= 0.3 is 0 Å². The summed E-state index contributed by atoms with van der Waals surface area (Å²) in [5.41, 5.74) is 6.56. The zero-order chi connectivity index (χ0) is 15.4. The van der Waals surface area contributed by atoms with Gasteiger partial charge in [-0.2, -0.15) is 5.10 Å². The van der Waals surface area contributed by atoms with Crippen LogP contribution in [0.25, 0.3) is 0 Å². The third-order valence-electron chi connectivity index (χ3n) is 3.71. The Hall–Kier alpha value is -1.43. The first-order valence-electron chi connectivity index (χ1n) is 6.93. The van der Waals surface area contributed by atoms with Gasteiger partial charge in [-0.25, -0.2) is 5.43 Å². The first-order valence-corrected chi connectivity index (χ1v) is 8.01. The lowest BCUT2D eigenvalue weighted by Crippen LogP contribution is -2.23. The molecular formula is C17H19IN2O. The van der Waals surface area contributed by atoms with Crippen molar-refractivity contribution in [2.45, 2.75) is 26.7 Å². The average Bonchev–Trinajstić information content (AvgIpc) is 2.46. The molecule has 0 saturated heterocycles. The van der Waals surface area contributed by atoms with Gasteiger partial charge in [0.25, 0.3) is 5.91 Å². The standard InChI is InChI=1S/C17H19IN2O/c1-11(2)13-9-8-12(3)16(10-13)19-20-17(21)14-6-4-5-7-15(14)18/h4-8,13H,1,9-10H2,2-3H3,(H,20,21)/t13-/m1/s1. The van der Waals surface area contributed by atoms with Crippen LogP contribution in [0.2, 0.25) is 0 Å². The fraction of sp³-hybridized carbons (Fsp3) is 0.294. The van der Waals surface area contributed by atoms with Crippen LogP contribution in [0.4, 0.5) is 0 Å². The highest BCUT2D eigenvalue weighted by molar-refractivity contribution is 14.1. The summed E-state index contributed by atoms with van der Waals surface area (Å²) in [4.78, 5) is 12.2. The predicted octanol–water partition coefficient (Wildman–Crippen LogP) is 4.31. The van der Waals surface area contributed by atoms with Crippen molar-refractivity contribution in [2.24, 2.45) is 11.0 Å². The SMILES string of the molecule is C=C(C)[C@@H]1CC=C(C)C(=NNC(=O)c2ccccc2I)C1. The number of hydrazone groups is 1. The van der Waals surface area contributed by atoms with Gasteiger partial charge in [0.2, 0.25) is 0 Å². The van der Waals surface area contributed by atoms with Crippen molar-refractivity contribution in [3.8, 4) is 0 Å². The van der Waals surface area contributed by atoms with Gasteiger partial charge in [0.1, 0.15) is 0 Å². The first kappa shape index (κ1) is 15.9. The van der Waals surface area contributed by atoms with E-state index in [9.17, 15) is 4.79 Å². The molecule has 1 aliphatic carbocycles. The normalized spacial score (nSPS) is 20.0. The molecule has 1 aliphatic rings. The van der Waals surface area contributed by atoms with Crippen LogP contribution >= 0.6 is 22.6 Å². The Balaban J connectivity index is 2.12. The van der Waals surface area contributed by atoms with E-state index in [4.69, 9.17) is 0 Å². The maximum absolute atomic E-state index is 12.2. The van der Waals surface area contributed by atoms with Crippen LogP contribution in [-0.2, 0) is 0 Å². The van der Waals surface area contributed by atoms with Crippen LogP contribution in [0.1, 0.15) is 37.0 Å². The van der Waals surface area contributed by atoms with Crippen molar-refractivity contribution in [1.29, 1.82) is 0 Å². The lowest BCUT2D eigenvalue weighted by molar-refractivity contribution is 0.0954. The minimum Gasteiger partial charge on any atom is -0.267 e. The molecule has 4 heteroatoms. The van der Waals surface area contributed by atoms with Crippen LogP contribution in [0.3, 0.4) is 0 Å². The zero-order valence-corrected chi connectivity index (χ0v) is 14.5. The minimum absolute atomic E-state index is 0.169. The fourth-order valence-electron chi connectivity index (χ4n) is 2.25. The van der Waals surface area contributed by atoms with Gasteiger partial charge in [0.15, 0.2) is 0 Å². The molecule has 0 unspecified atom stereocenters. The number of rotatable bonds is 3. The number of amides is 1. The molecule has 0 spiro atoms. The van der Waals surface area contributed by atoms with Gasteiger partial charge in [0.05, 0.1) is 11.3 Å². The number of nitrogens with zero attached hydrogens (tertiary/aromatic N) is 1. The Kier molecular flexibility index (Phi) is 5.33. The van der Waals surface area contributed by atoms with Crippen LogP contribution in [0.5, 0.6) is 0 Å². The Morgan fingerprint density at radius 3 is 2.81 bits per heavy atom. The molecule has 21 heavy (non-hydrogen) atoms. The van der Waals surface area contributed by atoms with E-state index in [1.807, 2.05) is 32.0 Å². The number of carbonyl (C=O) groups excluding carboxylic acids is 1. The molecule has 0 fully saturated rings. The molecule has 1 aromatic carbocycles. The monoisotopic (exact) mass is 394 g/mol. The first-order chi connectivity index (χ1) is 9.99. The largest absolute Gasteiger partial charge is 0.272 e. The van der Waals surface area contributed by atoms with Gasteiger partial charge in [-0.05, 0) is 72.9 Å². The number of benzene rings is 1. The van der Waals surface area contributed by atoms with Crippen LogP contribution in [-0.4, -0.2) is 11.6 Å². The Labute approximate surface area is 139 Å². The smallest absolute Gasteiger partial charge is 0.267 e. The summed E-state index contributed by atoms with van der Waals surface area (Å²) in [5, 5.41) is 4.32. The topological polar surface area (TPSA) is 41.5 Å². The van der Waals surface area contributed by atoms with E-state index < -0.39 is 0 Å². The molecule has 0 radical (unpaired) electrons. The van der Waals surface area contributed by atoms with E-state index in [2.05, 4.69) is 45.8 Å². The van der Waals surface area contributed by atoms with E-state index in [1.54, 1.807) is 6.07 Å². The maximum atomic E-state index is 12.2. The van der Waals surface area contributed by atoms with Crippen molar-refractivity contribution >= 4 is 34.2 Å². The van der Waals surface area contributed by atoms with Crippen LogP contribution in [0, 0.1) is 9.49 Å². The van der Waals surface area contributed by atoms with E-state index >= 15 is 0 Å². The molecule has 110 valence electrons. The highest BCUT2D eigenvalue weighted by atomic mass is 127. The van der Waals surface area contributed by atoms with Gasteiger partial charge in [-0.3, -0.25) is 4.79 Å². The van der Waals surface area contributed by atoms with E-state index in [0.717, 1.165) is 33.3 Å². The van der Waals surface area contributed by atoms with Crippen molar-refractivity contribution in [1.82, 2.24) is 5.43 Å². The van der Waals surface area contributed by atoms with E-state index in [-0.39, 0.29) is 5.91 Å². The van der Waals surface area contributed by atoms with Crippen molar-refractivity contribution in [3.05, 3.63) is 57.2 Å². The minimum atomic E-state index is -0.169. The van der Waals surface area contributed by atoms with Crippen LogP contribution < -0.4 is 5.43 Å². The molecule has 0 heterocycles. The van der Waals surface area contributed by atoms with E-state index in [0.29, 0.717) is 11.5 Å². The second kappa shape index (κ2) is 7.02. The predicted molar refractivity (Wildman–Crippen MR) is 95.4 cm³/mol.